The van der Waals surface area contributed by atoms with E-state index in [9.17, 15) is 9.00 Å². The summed E-state index contributed by atoms with van der Waals surface area (Å²) in [6.07, 6.45) is 3.19. The van der Waals surface area contributed by atoms with Gasteiger partial charge >= 0.3 is 5.97 Å². The van der Waals surface area contributed by atoms with Gasteiger partial charge in [-0.05, 0) is 19.1 Å². The number of nitrogens with one attached hydrogen (secondary N) is 1. The van der Waals surface area contributed by atoms with Crippen LogP contribution in [0.2, 0.25) is 0 Å². The van der Waals surface area contributed by atoms with Crippen LogP contribution in [0.3, 0.4) is 0 Å². The molecule has 0 aromatic carbocycles. The first-order chi connectivity index (χ1) is 8.04. The van der Waals surface area contributed by atoms with Crippen molar-refractivity contribution < 1.29 is 13.7 Å². The lowest BCUT2D eigenvalue weighted by atomic mass is 10.2. The van der Waals surface area contributed by atoms with Crippen molar-refractivity contribution in [3.63, 3.8) is 0 Å². The highest BCUT2D eigenvalue weighted by Crippen LogP contribution is 2.08. The Labute approximate surface area is 103 Å². The summed E-state index contributed by atoms with van der Waals surface area (Å²) in [5, 5.41) is 3.06. The lowest BCUT2D eigenvalue weighted by Crippen LogP contribution is -2.21. The molecule has 1 heterocycles. The normalized spacial score (nSPS) is 13.8. The van der Waals surface area contributed by atoms with E-state index in [0.29, 0.717) is 17.9 Å². The number of ether oxygens (including phenoxy) is 1. The molecule has 6 heteroatoms. The number of carbonyl (C=O) groups excluding carboxylic acids is 1. The van der Waals surface area contributed by atoms with Crippen LogP contribution in [0.4, 0.5) is 5.82 Å². The van der Waals surface area contributed by atoms with E-state index in [1.807, 2.05) is 6.92 Å². The third-order valence-corrected chi connectivity index (χ3v) is 3.62. The molecule has 0 saturated heterocycles. The van der Waals surface area contributed by atoms with Crippen LogP contribution in [-0.2, 0) is 15.5 Å². The summed E-state index contributed by atoms with van der Waals surface area (Å²) in [5.74, 6) is 0.174. The molecule has 0 saturated carbocycles. The van der Waals surface area contributed by atoms with Gasteiger partial charge in [0, 0.05) is 35.0 Å². The van der Waals surface area contributed by atoms with Gasteiger partial charge in [0.05, 0.1) is 12.7 Å². The second-order valence-corrected chi connectivity index (χ2v) is 5.41. The number of hydrogen-bond donors (Lipinski definition) is 1. The van der Waals surface area contributed by atoms with Crippen molar-refractivity contribution in [3.8, 4) is 0 Å². The number of nitrogens with zero attached hydrogens (tertiary/aromatic N) is 1. The van der Waals surface area contributed by atoms with E-state index < -0.39 is 16.8 Å². The van der Waals surface area contributed by atoms with Crippen LogP contribution in [0.5, 0.6) is 0 Å². The fraction of sp³-hybridized carbons (Fsp3) is 0.455. The second kappa shape index (κ2) is 6.34. The predicted octanol–water partition coefficient (Wildman–Crippen LogP) is 1.05. The van der Waals surface area contributed by atoms with Gasteiger partial charge in [-0.25, -0.2) is 9.78 Å². The zero-order valence-corrected chi connectivity index (χ0v) is 10.9. The Morgan fingerprint density at radius 1 is 1.65 bits per heavy atom. The molecule has 5 nitrogen and oxygen atoms in total. The van der Waals surface area contributed by atoms with E-state index in [0.717, 1.165) is 0 Å². The third-order valence-electron chi connectivity index (χ3n) is 2.32. The average molecular weight is 256 g/mol. The second-order valence-electron chi connectivity index (χ2n) is 3.61. The molecule has 0 aliphatic heterocycles. The van der Waals surface area contributed by atoms with E-state index in [4.69, 9.17) is 0 Å². The molecule has 1 aromatic heterocycles. The first-order valence-electron chi connectivity index (χ1n) is 5.15. The summed E-state index contributed by atoms with van der Waals surface area (Å²) in [6.45, 7) is 2.42. The van der Waals surface area contributed by atoms with Crippen molar-refractivity contribution >= 4 is 22.6 Å². The molecule has 0 spiro atoms. The van der Waals surface area contributed by atoms with E-state index in [2.05, 4.69) is 15.0 Å². The SMILES string of the molecule is COC(=O)c1ccnc(NCC(C)S(C)=O)c1. The number of rotatable bonds is 5. The first kappa shape index (κ1) is 13.6. The van der Waals surface area contributed by atoms with E-state index in [1.54, 1.807) is 18.4 Å². The van der Waals surface area contributed by atoms with Gasteiger partial charge in [0.1, 0.15) is 5.82 Å². The predicted molar refractivity (Wildman–Crippen MR) is 67.6 cm³/mol. The summed E-state index contributed by atoms with van der Waals surface area (Å²) in [5.41, 5.74) is 0.440. The van der Waals surface area contributed by atoms with Crippen LogP contribution >= 0.6 is 0 Å². The number of pyridine rings is 1. The van der Waals surface area contributed by atoms with Crippen molar-refractivity contribution in [3.05, 3.63) is 23.9 Å². The number of aromatic nitrogens is 1. The number of methoxy groups -OCH3 is 1. The first-order valence-corrected chi connectivity index (χ1v) is 6.77. The average Bonchev–Trinajstić information content (AvgIpc) is 2.35. The summed E-state index contributed by atoms with van der Waals surface area (Å²) in [4.78, 5) is 15.4. The minimum absolute atomic E-state index is 0.0265. The van der Waals surface area contributed by atoms with E-state index in [1.165, 1.54) is 13.3 Å². The maximum absolute atomic E-state index is 11.3. The van der Waals surface area contributed by atoms with Crippen LogP contribution < -0.4 is 5.32 Å². The molecule has 2 atom stereocenters. The molecular weight excluding hydrogens is 240 g/mol. The molecule has 1 rings (SSSR count). The number of anilines is 1. The van der Waals surface area contributed by atoms with Crippen molar-refractivity contribution in [2.24, 2.45) is 0 Å². The molecule has 2 unspecified atom stereocenters. The summed E-state index contributed by atoms with van der Waals surface area (Å²) in [6, 6.07) is 3.19. The number of carbonyl (C=O) groups is 1. The topological polar surface area (TPSA) is 68.3 Å². The fourth-order valence-electron chi connectivity index (χ4n) is 1.14. The lowest BCUT2D eigenvalue weighted by Gasteiger charge is -2.10. The highest BCUT2D eigenvalue weighted by molar-refractivity contribution is 7.84. The number of esters is 1. The van der Waals surface area contributed by atoms with Crippen molar-refractivity contribution in [2.75, 3.05) is 25.2 Å². The fourth-order valence-corrected chi connectivity index (χ4v) is 1.46. The van der Waals surface area contributed by atoms with E-state index >= 15 is 0 Å². The van der Waals surface area contributed by atoms with Gasteiger partial charge in [0.25, 0.3) is 0 Å². The maximum atomic E-state index is 11.3. The number of hydrogen-bond acceptors (Lipinski definition) is 5. The van der Waals surface area contributed by atoms with Crippen LogP contribution in [0.25, 0.3) is 0 Å². The van der Waals surface area contributed by atoms with Crippen molar-refractivity contribution in [2.45, 2.75) is 12.2 Å². The minimum Gasteiger partial charge on any atom is -0.465 e. The quantitative estimate of drug-likeness (QED) is 0.797. The smallest absolute Gasteiger partial charge is 0.338 e. The Morgan fingerprint density at radius 2 is 2.35 bits per heavy atom. The van der Waals surface area contributed by atoms with Gasteiger partial charge < -0.3 is 10.1 Å². The van der Waals surface area contributed by atoms with Gasteiger partial charge in [0.15, 0.2) is 0 Å². The maximum Gasteiger partial charge on any atom is 0.338 e. The molecule has 1 aromatic rings. The lowest BCUT2D eigenvalue weighted by molar-refractivity contribution is 0.0600. The third kappa shape index (κ3) is 4.14. The van der Waals surface area contributed by atoms with Gasteiger partial charge in [-0.2, -0.15) is 0 Å². The molecule has 0 aliphatic rings. The van der Waals surface area contributed by atoms with Crippen LogP contribution in [0.1, 0.15) is 17.3 Å². The molecular formula is C11H16N2O3S. The standard InChI is InChI=1S/C11H16N2O3S/c1-8(17(3)15)7-13-10-6-9(4-5-12-10)11(14)16-2/h4-6,8H,7H2,1-3H3,(H,12,13). The Bertz CT molecular complexity index is 423. The molecule has 0 amide bonds. The van der Waals surface area contributed by atoms with E-state index in [-0.39, 0.29) is 5.25 Å². The van der Waals surface area contributed by atoms with Crippen molar-refractivity contribution in [1.29, 1.82) is 0 Å². The summed E-state index contributed by atoms with van der Waals surface area (Å²) >= 11 is 0. The molecule has 0 radical (unpaired) electrons. The highest BCUT2D eigenvalue weighted by atomic mass is 32.2. The largest absolute Gasteiger partial charge is 0.465 e. The minimum atomic E-state index is -0.882. The Morgan fingerprint density at radius 3 is 2.94 bits per heavy atom. The molecule has 0 fully saturated rings. The molecule has 94 valence electrons. The zero-order valence-electron chi connectivity index (χ0n) is 10.1. The highest BCUT2D eigenvalue weighted by Gasteiger charge is 2.08. The summed E-state index contributed by atoms with van der Waals surface area (Å²) in [7, 11) is 0.450. The zero-order chi connectivity index (χ0) is 12.8. The van der Waals surface area contributed by atoms with Gasteiger partial charge in [-0.15, -0.1) is 0 Å². The Balaban J connectivity index is 2.66. The van der Waals surface area contributed by atoms with Crippen LogP contribution in [0.15, 0.2) is 18.3 Å². The van der Waals surface area contributed by atoms with Crippen LogP contribution in [-0.4, -0.2) is 40.3 Å². The van der Waals surface area contributed by atoms with Gasteiger partial charge in [-0.1, -0.05) is 0 Å². The molecule has 1 N–H and O–H groups in total. The Kier molecular flexibility index (Phi) is 5.09. The molecule has 0 aliphatic carbocycles. The van der Waals surface area contributed by atoms with Crippen LogP contribution in [0, 0.1) is 0 Å². The molecule has 0 bridgehead atoms. The van der Waals surface area contributed by atoms with Gasteiger partial charge in [-0.3, -0.25) is 4.21 Å². The molecule has 17 heavy (non-hydrogen) atoms. The summed E-state index contributed by atoms with van der Waals surface area (Å²) < 4.78 is 15.8. The monoisotopic (exact) mass is 256 g/mol. The Hall–Kier alpha value is -1.43. The van der Waals surface area contributed by atoms with Crippen molar-refractivity contribution in [1.82, 2.24) is 4.98 Å². The van der Waals surface area contributed by atoms with Gasteiger partial charge in [0.2, 0.25) is 0 Å².